The summed E-state index contributed by atoms with van der Waals surface area (Å²) in [5, 5.41) is 8.96. The van der Waals surface area contributed by atoms with Crippen LogP contribution >= 0.6 is 0 Å². The highest BCUT2D eigenvalue weighted by molar-refractivity contribution is 5.27. The highest BCUT2D eigenvalue weighted by atomic mass is 16.4. The lowest BCUT2D eigenvalue weighted by Gasteiger charge is -2.38. The van der Waals surface area contributed by atoms with Crippen molar-refractivity contribution in [2.45, 2.75) is 40.2 Å². The van der Waals surface area contributed by atoms with Crippen LogP contribution in [-0.2, 0) is 6.61 Å². The molecule has 1 aliphatic rings. The first-order valence-electron chi connectivity index (χ1n) is 6.31. The van der Waals surface area contributed by atoms with Crippen LogP contribution < -0.4 is 4.90 Å². The van der Waals surface area contributed by atoms with Crippen LogP contribution in [0.5, 0.6) is 0 Å². The number of piperidine rings is 1. The lowest BCUT2D eigenvalue weighted by atomic mass is 9.75. The van der Waals surface area contributed by atoms with Gasteiger partial charge in [0.25, 0.3) is 6.01 Å². The summed E-state index contributed by atoms with van der Waals surface area (Å²) in [5.41, 5.74) is 0.997. The van der Waals surface area contributed by atoms with Gasteiger partial charge in [-0.25, -0.2) is 0 Å². The van der Waals surface area contributed by atoms with Gasteiger partial charge in [0.05, 0.1) is 6.61 Å². The number of nitrogens with zero attached hydrogens (tertiary/aromatic N) is 2. The van der Waals surface area contributed by atoms with Crippen LogP contribution in [0.4, 0.5) is 6.01 Å². The minimum atomic E-state index is -0.0536. The van der Waals surface area contributed by atoms with Gasteiger partial charge in [0.2, 0.25) is 0 Å². The van der Waals surface area contributed by atoms with Crippen molar-refractivity contribution in [2.75, 3.05) is 18.0 Å². The molecule has 96 valence electrons. The highest BCUT2D eigenvalue weighted by Gasteiger charge is 2.29. The zero-order valence-electron chi connectivity index (χ0n) is 10.9. The van der Waals surface area contributed by atoms with Crippen LogP contribution in [0, 0.1) is 11.3 Å². The summed E-state index contributed by atoms with van der Waals surface area (Å²) in [6, 6.07) is 0.654. The molecular formula is C13H22N2O2. The van der Waals surface area contributed by atoms with Crippen molar-refractivity contribution in [3.63, 3.8) is 0 Å². The summed E-state index contributed by atoms with van der Waals surface area (Å²) < 4.78 is 5.37. The standard InChI is InChI=1S/C13H22N2O2/c1-13(2,3)10-4-6-15(7-5-10)12-14-11(8-16)9-17-12/h9-10,16H,4-8H2,1-3H3. The first kappa shape index (κ1) is 12.4. The summed E-state index contributed by atoms with van der Waals surface area (Å²) in [6.07, 6.45) is 3.89. The van der Waals surface area contributed by atoms with Gasteiger partial charge in [0.1, 0.15) is 12.0 Å². The quantitative estimate of drug-likeness (QED) is 0.859. The Morgan fingerprint density at radius 1 is 1.41 bits per heavy atom. The summed E-state index contributed by atoms with van der Waals surface area (Å²) in [4.78, 5) is 6.42. The minimum absolute atomic E-state index is 0.0536. The lowest BCUT2D eigenvalue weighted by Crippen LogP contribution is -2.38. The maximum Gasteiger partial charge on any atom is 0.297 e. The molecule has 2 heterocycles. The second-order valence-electron chi connectivity index (χ2n) is 5.91. The monoisotopic (exact) mass is 238 g/mol. The number of aliphatic hydroxyl groups excluding tert-OH is 1. The lowest BCUT2D eigenvalue weighted by molar-refractivity contribution is 0.196. The number of oxazole rings is 1. The molecule has 0 atom stereocenters. The Kier molecular flexibility index (Phi) is 3.43. The molecule has 0 amide bonds. The van der Waals surface area contributed by atoms with Gasteiger partial charge in [-0.15, -0.1) is 0 Å². The number of aromatic nitrogens is 1. The first-order chi connectivity index (χ1) is 8.00. The van der Waals surface area contributed by atoms with E-state index in [2.05, 4.69) is 30.7 Å². The Hall–Kier alpha value is -1.03. The second kappa shape index (κ2) is 4.69. The average Bonchev–Trinajstić information content (AvgIpc) is 2.76. The van der Waals surface area contributed by atoms with E-state index in [1.54, 1.807) is 0 Å². The van der Waals surface area contributed by atoms with Crippen molar-refractivity contribution in [1.82, 2.24) is 4.98 Å². The number of anilines is 1. The van der Waals surface area contributed by atoms with Gasteiger partial charge in [-0.1, -0.05) is 20.8 Å². The molecule has 1 aromatic rings. The number of aliphatic hydroxyl groups is 1. The molecule has 17 heavy (non-hydrogen) atoms. The van der Waals surface area contributed by atoms with Crippen molar-refractivity contribution in [3.8, 4) is 0 Å². The zero-order chi connectivity index (χ0) is 12.5. The third kappa shape index (κ3) is 2.80. The van der Waals surface area contributed by atoms with Gasteiger partial charge in [-0.3, -0.25) is 0 Å². The average molecular weight is 238 g/mol. The molecule has 1 fully saturated rings. The molecule has 0 saturated carbocycles. The molecule has 0 aliphatic carbocycles. The topological polar surface area (TPSA) is 49.5 Å². The van der Waals surface area contributed by atoms with Crippen LogP contribution in [0.25, 0.3) is 0 Å². The van der Waals surface area contributed by atoms with E-state index in [0.29, 0.717) is 17.1 Å². The van der Waals surface area contributed by atoms with Crippen molar-refractivity contribution >= 4 is 6.01 Å². The molecule has 1 N–H and O–H groups in total. The van der Waals surface area contributed by atoms with E-state index in [-0.39, 0.29) is 6.61 Å². The molecule has 0 aromatic carbocycles. The van der Waals surface area contributed by atoms with E-state index in [1.807, 2.05) is 0 Å². The van der Waals surface area contributed by atoms with Crippen LogP contribution in [0.15, 0.2) is 10.7 Å². The third-order valence-corrected chi connectivity index (χ3v) is 3.69. The number of rotatable bonds is 2. The van der Waals surface area contributed by atoms with E-state index in [9.17, 15) is 0 Å². The van der Waals surface area contributed by atoms with E-state index in [4.69, 9.17) is 9.52 Å². The van der Waals surface area contributed by atoms with E-state index < -0.39 is 0 Å². The maximum atomic E-state index is 8.96. The third-order valence-electron chi connectivity index (χ3n) is 3.69. The SMILES string of the molecule is CC(C)(C)C1CCN(c2nc(CO)co2)CC1. The summed E-state index contributed by atoms with van der Waals surface area (Å²) in [7, 11) is 0. The molecular weight excluding hydrogens is 216 g/mol. The van der Waals surface area contributed by atoms with Gasteiger partial charge in [0, 0.05) is 13.1 Å². The molecule has 4 nitrogen and oxygen atoms in total. The Balaban J connectivity index is 1.95. The van der Waals surface area contributed by atoms with Gasteiger partial charge in [-0.2, -0.15) is 4.98 Å². The van der Waals surface area contributed by atoms with Crippen LogP contribution in [0.2, 0.25) is 0 Å². The van der Waals surface area contributed by atoms with Gasteiger partial charge < -0.3 is 14.4 Å². The zero-order valence-corrected chi connectivity index (χ0v) is 10.9. The van der Waals surface area contributed by atoms with Crippen LogP contribution in [-0.4, -0.2) is 23.2 Å². The molecule has 1 saturated heterocycles. The Labute approximate surface area is 103 Å². The van der Waals surface area contributed by atoms with Gasteiger partial charge in [-0.05, 0) is 24.2 Å². The highest BCUT2D eigenvalue weighted by Crippen LogP contribution is 2.35. The van der Waals surface area contributed by atoms with Crippen LogP contribution in [0.1, 0.15) is 39.3 Å². The molecule has 0 radical (unpaired) electrons. The normalized spacial score (nSPS) is 18.7. The summed E-state index contributed by atoms with van der Waals surface area (Å²) in [5.74, 6) is 0.769. The Morgan fingerprint density at radius 3 is 2.53 bits per heavy atom. The molecule has 0 bridgehead atoms. The molecule has 0 spiro atoms. The van der Waals surface area contributed by atoms with E-state index >= 15 is 0 Å². The fraction of sp³-hybridized carbons (Fsp3) is 0.769. The maximum absolute atomic E-state index is 8.96. The summed E-state index contributed by atoms with van der Waals surface area (Å²) in [6.45, 7) is 8.86. The predicted molar refractivity (Wildman–Crippen MR) is 66.8 cm³/mol. The van der Waals surface area contributed by atoms with Crippen molar-refractivity contribution in [1.29, 1.82) is 0 Å². The minimum Gasteiger partial charge on any atom is -0.432 e. The second-order valence-corrected chi connectivity index (χ2v) is 5.91. The van der Waals surface area contributed by atoms with Crippen molar-refractivity contribution < 1.29 is 9.52 Å². The predicted octanol–water partition coefficient (Wildman–Crippen LogP) is 2.43. The summed E-state index contributed by atoms with van der Waals surface area (Å²) >= 11 is 0. The van der Waals surface area contributed by atoms with Gasteiger partial charge in [0.15, 0.2) is 0 Å². The fourth-order valence-corrected chi connectivity index (χ4v) is 2.45. The van der Waals surface area contributed by atoms with E-state index in [0.717, 1.165) is 19.0 Å². The Morgan fingerprint density at radius 2 is 2.06 bits per heavy atom. The molecule has 1 aromatic heterocycles. The Bertz CT molecular complexity index is 360. The number of hydrogen-bond donors (Lipinski definition) is 1. The van der Waals surface area contributed by atoms with Crippen LogP contribution in [0.3, 0.4) is 0 Å². The largest absolute Gasteiger partial charge is 0.432 e. The van der Waals surface area contributed by atoms with Gasteiger partial charge >= 0.3 is 0 Å². The van der Waals surface area contributed by atoms with Crippen molar-refractivity contribution in [2.24, 2.45) is 11.3 Å². The first-order valence-corrected chi connectivity index (χ1v) is 6.31. The molecule has 4 heteroatoms. The molecule has 1 aliphatic heterocycles. The molecule has 2 rings (SSSR count). The fourth-order valence-electron chi connectivity index (χ4n) is 2.45. The smallest absolute Gasteiger partial charge is 0.297 e. The van der Waals surface area contributed by atoms with Crippen molar-refractivity contribution in [3.05, 3.63) is 12.0 Å². The van der Waals surface area contributed by atoms with E-state index in [1.165, 1.54) is 19.1 Å². The number of hydrogen-bond acceptors (Lipinski definition) is 4. The molecule has 0 unspecified atom stereocenters.